The number of fused-ring (bicyclic) bond motifs is 1. The molecule has 1 heterocycles. The van der Waals surface area contributed by atoms with Crippen molar-refractivity contribution in [1.82, 2.24) is 0 Å². The van der Waals surface area contributed by atoms with Crippen LogP contribution in [0.15, 0.2) is 42.5 Å². The predicted octanol–water partition coefficient (Wildman–Crippen LogP) is 2.83. The van der Waals surface area contributed by atoms with Crippen molar-refractivity contribution in [3.05, 3.63) is 53.6 Å². The molecule has 2 unspecified atom stereocenters. The molecule has 2 atom stereocenters. The van der Waals surface area contributed by atoms with Crippen LogP contribution in [0.25, 0.3) is 0 Å². The first kappa shape index (κ1) is 16.4. The molecule has 6 heteroatoms. The molecule has 134 valence electrons. The van der Waals surface area contributed by atoms with E-state index in [9.17, 15) is 9.59 Å². The van der Waals surface area contributed by atoms with Crippen molar-refractivity contribution in [1.29, 1.82) is 0 Å². The van der Waals surface area contributed by atoms with E-state index in [0.717, 1.165) is 23.5 Å². The first-order valence-electron chi connectivity index (χ1n) is 8.61. The summed E-state index contributed by atoms with van der Waals surface area (Å²) in [6.07, 6.45) is 0.729. The highest BCUT2D eigenvalue weighted by Crippen LogP contribution is 2.49. The largest absolute Gasteiger partial charge is 0.486 e. The maximum absolute atomic E-state index is 12.5. The lowest BCUT2D eigenvalue weighted by atomic mass is 10.1. The zero-order valence-electron chi connectivity index (χ0n) is 14.1. The molecule has 0 saturated heterocycles. The van der Waals surface area contributed by atoms with Crippen LogP contribution in [0.2, 0.25) is 0 Å². The smallest absolute Gasteiger partial charge is 0.307 e. The lowest BCUT2D eigenvalue weighted by molar-refractivity contribution is -0.136. The highest BCUT2D eigenvalue weighted by Gasteiger charge is 2.44. The van der Waals surface area contributed by atoms with E-state index >= 15 is 0 Å². The fourth-order valence-corrected chi connectivity index (χ4v) is 3.31. The van der Waals surface area contributed by atoms with Gasteiger partial charge in [-0.1, -0.05) is 18.2 Å². The summed E-state index contributed by atoms with van der Waals surface area (Å²) in [7, 11) is 0. The Morgan fingerprint density at radius 1 is 1.08 bits per heavy atom. The first-order chi connectivity index (χ1) is 12.6. The average molecular weight is 353 g/mol. The van der Waals surface area contributed by atoms with Crippen molar-refractivity contribution in [2.45, 2.75) is 18.8 Å². The fourth-order valence-electron chi connectivity index (χ4n) is 3.31. The molecule has 1 fully saturated rings. The van der Waals surface area contributed by atoms with Crippen LogP contribution in [0.5, 0.6) is 11.5 Å². The first-order valence-corrected chi connectivity index (χ1v) is 8.61. The molecule has 1 saturated carbocycles. The molecule has 0 bridgehead atoms. The van der Waals surface area contributed by atoms with Crippen LogP contribution in [-0.2, 0) is 16.0 Å². The molecule has 1 amide bonds. The Labute approximate surface area is 150 Å². The number of rotatable bonds is 5. The molecule has 4 rings (SSSR count). The number of nitrogens with one attached hydrogen (secondary N) is 1. The highest BCUT2D eigenvalue weighted by molar-refractivity contribution is 5.95. The number of carbonyl (C=O) groups is 2. The molecule has 2 aliphatic rings. The van der Waals surface area contributed by atoms with Crippen molar-refractivity contribution in [3.8, 4) is 11.5 Å². The van der Waals surface area contributed by atoms with Gasteiger partial charge in [-0.15, -0.1) is 0 Å². The summed E-state index contributed by atoms with van der Waals surface area (Å²) in [4.78, 5) is 23.3. The van der Waals surface area contributed by atoms with Gasteiger partial charge in [0.15, 0.2) is 11.5 Å². The van der Waals surface area contributed by atoms with Gasteiger partial charge in [-0.25, -0.2) is 0 Å². The quantitative estimate of drug-likeness (QED) is 0.863. The molecular weight excluding hydrogens is 334 g/mol. The van der Waals surface area contributed by atoms with Crippen molar-refractivity contribution < 1.29 is 24.2 Å². The summed E-state index contributed by atoms with van der Waals surface area (Å²) in [5.41, 5.74) is 2.37. The zero-order valence-corrected chi connectivity index (χ0v) is 14.1. The number of anilines is 1. The molecule has 2 aromatic carbocycles. The van der Waals surface area contributed by atoms with Crippen LogP contribution in [0, 0.1) is 5.92 Å². The number of carboxylic acids is 1. The Bertz CT molecular complexity index is 863. The third-order valence-corrected chi connectivity index (χ3v) is 4.67. The normalized spacial score (nSPS) is 20.3. The lowest BCUT2D eigenvalue weighted by Crippen LogP contribution is -2.16. The maximum Gasteiger partial charge on any atom is 0.307 e. The number of aliphatic carboxylic acids is 1. The number of carboxylic acid groups (broad SMARTS) is 1. The van der Waals surface area contributed by atoms with Gasteiger partial charge in [-0.2, -0.15) is 0 Å². The number of hydrogen-bond acceptors (Lipinski definition) is 4. The minimum atomic E-state index is -0.894. The second-order valence-corrected chi connectivity index (χ2v) is 6.61. The topological polar surface area (TPSA) is 84.9 Å². The van der Waals surface area contributed by atoms with E-state index in [1.807, 2.05) is 18.2 Å². The molecule has 2 aromatic rings. The van der Waals surface area contributed by atoms with Crippen LogP contribution in [0.1, 0.15) is 23.5 Å². The molecule has 6 nitrogen and oxygen atoms in total. The van der Waals surface area contributed by atoms with E-state index in [0.29, 0.717) is 24.5 Å². The molecule has 2 N–H and O–H groups in total. The summed E-state index contributed by atoms with van der Waals surface area (Å²) in [5.74, 6) is 0.638. The molecule has 0 spiro atoms. The van der Waals surface area contributed by atoms with E-state index < -0.39 is 5.97 Å². The fraction of sp³-hybridized carbons (Fsp3) is 0.300. The van der Waals surface area contributed by atoms with E-state index in [1.165, 1.54) is 0 Å². The van der Waals surface area contributed by atoms with Crippen molar-refractivity contribution in [2.24, 2.45) is 5.92 Å². The predicted molar refractivity (Wildman–Crippen MR) is 94.7 cm³/mol. The van der Waals surface area contributed by atoms with Crippen LogP contribution < -0.4 is 14.8 Å². The summed E-state index contributed by atoms with van der Waals surface area (Å²) < 4.78 is 11.1. The SMILES string of the molecule is O=C(O)Cc1cccc(NC(=O)C2CC2c2ccc3c(c2)OCCO3)c1. The second-order valence-electron chi connectivity index (χ2n) is 6.61. The second kappa shape index (κ2) is 6.71. The minimum absolute atomic E-state index is 0.0441. The van der Waals surface area contributed by atoms with Gasteiger partial charge in [-0.05, 0) is 47.7 Å². The van der Waals surface area contributed by atoms with Gasteiger partial charge in [0.1, 0.15) is 13.2 Å². The molecule has 0 aromatic heterocycles. The van der Waals surface area contributed by atoms with Gasteiger partial charge in [-0.3, -0.25) is 9.59 Å². The van der Waals surface area contributed by atoms with Crippen LogP contribution in [0.4, 0.5) is 5.69 Å². The molecule has 1 aliphatic carbocycles. The molecule has 26 heavy (non-hydrogen) atoms. The summed E-state index contributed by atoms with van der Waals surface area (Å²) in [6, 6.07) is 12.8. The number of hydrogen-bond donors (Lipinski definition) is 2. The minimum Gasteiger partial charge on any atom is -0.486 e. The zero-order chi connectivity index (χ0) is 18.1. The highest BCUT2D eigenvalue weighted by atomic mass is 16.6. The van der Waals surface area contributed by atoms with Gasteiger partial charge in [0.25, 0.3) is 0 Å². The van der Waals surface area contributed by atoms with Crippen LogP contribution in [0.3, 0.4) is 0 Å². The number of benzene rings is 2. The monoisotopic (exact) mass is 353 g/mol. The van der Waals surface area contributed by atoms with Crippen LogP contribution in [-0.4, -0.2) is 30.2 Å². The van der Waals surface area contributed by atoms with E-state index in [1.54, 1.807) is 24.3 Å². The van der Waals surface area contributed by atoms with Gasteiger partial charge < -0.3 is 19.9 Å². The van der Waals surface area contributed by atoms with Crippen molar-refractivity contribution >= 4 is 17.6 Å². The Hall–Kier alpha value is -3.02. The average Bonchev–Trinajstić information content (AvgIpc) is 3.42. The molecular formula is C20H19NO5. The number of amides is 1. The van der Waals surface area contributed by atoms with E-state index in [4.69, 9.17) is 14.6 Å². The third-order valence-electron chi connectivity index (χ3n) is 4.67. The Morgan fingerprint density at radius 3 is 2.69 bits per heavy atom. The maximum atomic E-state index is 12.5. The Morgan fingerprint density at radius 2 is 1.88 bits per heavy atom. The Balaban J connectivity index is 1.41. The lowest BCUT2D eigenvalue weighted by Gasteiger charge is -2.18. The Kier molecular flexibility index (Phi) is 4.24. The van der Waals surface area contributed by atoms with Gasteiger partial charge >= 0.3 is 5.97 Å². The third kappa shape index (κ3) is 3.49. The number of ether oxygens (including phenoxy) is 2. The van der Waals surface area contributed by atoms with Gasteiger partial charge in [0.2, 0.25) is 5.91 Å². The summed E-state index contributed by atoms with van der Waals surface area (Å²) in [6.45, 7) is 1.10. The standard InChI is InChI=1S/C20H19NO5/c22-19(23)9-12-2-1-3-14(8-12)21-20(24)16-11-15(16)13-4-5-17-18(10-13)26-7-6-25-17/h1-5,8,10,15-16H,6-7,9,11H2,(H,21,24)(H,22,23). The van der Waals surface area contributed by atoms with Crippen molar-refractivity contribution in [2.75, 3.05) is 18.5 Å². The van der Waals surface area contributed by atoms with Gasteiger partial charge in [0.05, 0.1) is 6.42 Å². The van der Waals surface area contributed by atoms with Crippen LogP contribution >= 0.6 is 0 Å². The molecule has 0 radical (unpaired) electrons. The van der Waals surface area contributed by atoms with Crippen molar-refractivity contribution in [3.63, 3.8) is 0 Å². The van der Waals surface area contributed by atoms with E-state index in [2.05, 4.69) is 5.32 Å². The van der Waals surface area contributed by atoms with E-state index in [-0.39, 0.29) is 24.2 Å². The summed E-state index contributed by atoms with van der Waals surface area (Å²) in [5, 5.41) is 11.8. The molecule has 1 aliphatic heterocycles. The van der Waals surface area contributed by atoms with Gasteiger partial charge in [0, 0.05) is 11.6 Å². The number of carbonyl (C=O) groups excluding carboxylic acids is 1. The summed E-state index contributed by atoms with van der Waals surface area (Å²) >= 11 is 0.